The fourth-order valence-electron chi connectivity index (χ4n) is 4.07. The molecule has 3 aromatic heterocycles. The highest BCUT2D eigenvalue weighted by molar-refractivity contribution is 5.91. The van der Waals surface area contributed by atoms with E-state index < -0.39 is 0 Å². The van der Waals surface area contributed by atoms with Crippen molar-refractivity contribution >= 4 is 22.5 Å². The van der Waals surface area contributed by atoms with Crippen LogP contribution < -0.4 is 14.8 Å². The first-order valence-corrected chi connectivity index (χ1v) is 10.8. The number of anilines is 2. The van der Waals surface area contributed by atoms with Gasteiger partial charge in [-0.2, -0.15) is 0 Å². The van der Waals surface area contributed by atoms with Crippen LogP contribution >= 0.6 is 0 Å². The maximum Gasteiger partial charge on any atom is 0.181 e. The summed E-state index contributed by atoms with van der Waals surface area (Å²) in [6, 6.07) is 15.7. The summed E-state index contributed by atoms with van der Waals surface area (Å²) in [5, 5.41) is 3.43. The lowest BCUT2D eigenvalue weighted by atomic mass is 10.1. The van der Waals surface area contributed by atoms with Crippen molar-refractivity contribution < 1.29 is 13.9 Å². The number of benzene rings is 2. The van der Waals surface area contributed by atoms with Gasteiger partial charge in [-0.1, -0.05) is 12.1 Å². The van der Waals surface area contributed by atoms with E-state index in [1.54, 1.807) is 14.2 Å². The van der Waals surface area contributed by atoms with Gasteiger partial charge in [0, 0.05) is 30.1 Å². The first-order chi connectivity index (χ1) is 16.5. The monoisotopic (exact) mass is 455 g/mol. The molecule has 0 unspecified atom stereocenters. The van der Waals surface area contributed by atoms with Crippen molar-refractivity contribution in [1.82, 2.24) is 19.5 Å². The molecule has 8 nitrogen and oxygen atoms in total. The van der Waals surface area contributed by atoms with Gasteiger partial charge in [-0.25, -0.2) is 15.0 Å². The maximum atomic E-state index is 5.64. The van der Waals surface area contributed by atoms with Crippen LogP contribution in [0.5, 0.6) is 11.5 Å². The third-order valence-electron chi connectivity index (χ3n) is 5.78. The number of hydrogen-bond acceptors (Lipinski definition) is 7. The minimum Gasteiger partial charge on any atom is -0.497 e. The summed E-state index contributed by atoms with van der Waals surface area (Å²) in [6.45, 7) is 3.87. The van der Waals surface area contributed by atoms with Crippen LogP contribution in [0.2, 0.25) is 0 Å². The molecular formula is C26H25N5O3. The summed E-state index contributed by atoms with van der Waals surface area (Å²) in [4.78, 5) is 13.9. The van der Waals surface area contributed by atoms with Crippen molar-refractivity contribution in [2.24, 2.45) is 7.05 Å². The van der Waals surface area contributed by atoms with Crippen LogP contribution in [-0.4, -0.2) is 33.7 Å². The Morgan fingerprint density at radius 3 is 2.56 bits per heavy atom. The molecule has 3 heterocycles. The molecule has 5 aromatic rings. The fourth-order valence-corrected chi connectivity index (χ4v) is 4.07. The van der Waals surface area contributed by atoms with Gasteiger partial charge in [0.15, 0.2) is 18.0 Å². The van der Waals surface area contributed by atoms with Crippen molar-refractivity contribution in [1.29, 1.82) is 0 Å². The molecular weight excluding hydrogens is 430 g/mol. The molecule has 0 spiro atoms. The number of aromatic nitrogens is 4. The summed E-state index contributed by atoms with van der Waals surface area (Å²) in [5.74, 6) is 3.65. The predicted molar refractivity (Wildman–Crippen MR) is 132 cm³/mol. The quantitative estimate of drug-likeness (QED) is 0.353. The lowest BCUT2D eigenvalue weighted by Gasteiger charge is -2.12. The van der Waals surface area contributed by atoms with E-state index in [1.807, 2.05) is 69.4 Å². The third-order valence-corrected chi connectivity index (χ3v) is 5.78. The Morgan fingerprint density at radius 1 is 0.971 bits per heavy atom. The highest BCUT2D eigenvalue weighted by atomic mass is 16.5. The molecule has 0 amide bonds. The van der Waals surface area contributed by atoms with Gasteiger partial charge in [-0.3, -0.25) is 0 Å². The van der Waals surface area contributed by atoms with E-state index in [0.717, 1.165) is 50.8 Å². The van der Waals surface area contributed by atoms with Gasteiger partial charge in [0.25, 0.3) is 0 Å². The van der Waals surface area contributed by atoms with E-state index in [4.69, 9.17) is 23.9 Å². The Kier molecular flexibility index (Phi) is 5.41. The van der Waals surface area contributed by atoms with Crippen LogP contribution in [0.15, 0.2) is 59.3 Å². The normalized spacial score (nSPS) is 11.1. The molecule has 0 bridgehead atoms. The molecule has 0 atom stereocenters. The number of fused-ring (bicyclic) bond motifs is 1. The van der Waals surface area contributed by atoms with Crippen molar-refractivity contribution in [3.05, 3.63) is 66.3 Å². The zero-order valence-electron chi connectivity index (χ0n) is 19.7. The lowest BCUT2D eigenvalue weighted by Crippen LogP contribution is -1.98. The largest absolute Gasteiger partial charge is 0.497 e. The summed E-state index contributed by atoms with van der Waals surface area (Å²) in [6.07, 6.45) is 1.44. The number of ether oxygens (including phenoxy) is 2. The van der Waals surface area contributed by atoms with Crippen LogP contribution in [-0.2, 0) is 7.05 Å². The number of nitrogens with zero attached hydrogens (tertiary/aromatic N) is 4. The number of methoxy groups -OCH3 is 2. The average Bonchev–Trinajstić information content (AvgIpc) is 3.42. The van der Waals surface area contributed by atoms with Crippen molar-refractivity contribution in [2.75, 3.05) is 19.5 Å². The second-order valence-electron chi connectivity index (χ2n) is 8.01. The highest BCUT2D eigenvalue weighted by Crippen LogP contribution is 2.36. The topological polar surface area (TPSA) is 87.2 Å². The number of pyridine rings is 1. The van der Waals surface area contributed by atoms with Gasteiger partial charge < -0.3 is 23.8 Å². The molecule has 8 heteroatoms. The van der Waals surface area contributed by atoms with E-state index in [0.29, 0.717) is 17.3 Å². The van der Waals surface area contributed by atoms with E-state index in [-0.39, 0.29) is 0 Å². The molecule has 0 saturated heterocycles. The van der Waals surface area contributed by atoms with Crippen LogP contribution in [0.3, 0.4) is 0 Å². The van der Waals surface area contributed by atoms with Crippen LogP contribution in [0.25, 0.3) is 33.7 Å². The van der Waals surface area contributed by atoms with E-state index in [1.165, 1.54) is 6.39 Å². The molecule has 0 aliphatic heterocycles. The molecule has 1 N–H and O–H groups in total. The Labute approximate surface area is 197 Å². The molecule has 0 radical (unpaired) electrons. The van der Waals surface area contributed by atoms with Gasteiger partial charge >= 0.3 is 0 Å². The molecule has 0 saturated carbocycles. The fraction of sp³-hybridized carbons (Fsp3) is 0.192. The highest BCUT2D eigenvalue weighted by Gasteiger charge is 2.17. The van der Waals surface area contributed by atoms with Gasteiger partial charge in [-0.05, 0) is 44.2 Å². The van der Waals surface area contributed by atoms with E-state index in [9.17, 15) is 0 Å². The number of hydrogen-bond donors (Lipinski definition) is 1. The minimum atomic E-state index is 0.672. The lowest BCUT2D eigenvalue weighted by molar-refractivity contribution is 0.414. The summed E-state index contributed by atoms with van der Waals surface area (Å²) in [7, 11) is 5.30. The summed E-state index contributed by atoms with van der Waals surface area (Å²) < 4.78 is 18.7. The molecule has 172 valence electrons. The Balaban J connectivity index is 1.57. The smallest absolute Gasteiger partial charge is 0.181 e. The van der Waals surface area contributed by atoms with E-state index >= 15 is 0 Å². The number of rotatable bonds is 6. The molecule has 0 aliphatic rings. The number of oxazole rings is 1. The molecule has 2 aromatic carbocycles. The predicted octanol–water partition coefficient (Wildman–Crippen LogP) is 5.67. The molecule has 34 heavy (non-hydrogen) atoms. The number of nitrogens with one attached hydrogen (secondary N) is 1. The van der Waals surface area contributed by atoms with Crippen molar-refractivity contribution in [3.8, 4) is 34.2 Å². The van der Waals surface area contributed by atoms with Crippen molar-refractivity contribution in [2.45, 2.75) is 13.8 Å². The summed E-state index contributed by atoms with van der Waals surface area (Å²) in [5.41, 5.74) is 6.08. The molecule has 0 fully saturated rings. The Hall–Kier alpha value is -4.33. The molecule has 5 rings (SSSR count). The standard InChI is InChI=1S/C26H25N5O3/c1-15-11-21-23(30-26(31(21)3)17-7-6-8-19(12-17)32-4)25(28-15)29-18-9-10-20(22(13-18)33-5)24-16(2)27-14-34-24/h6-14H,1-5H3,(H,28,29). The summed E-state index contributed by atoms with van der Waals surface area (Å²) >= 11 is 0. The Morgan fingerprint density at radius 2 is 1.82 bits per heavy atom. The zero-order valence-corrected chi connectivity index (χ0v) is 19.7. The van der Waals surface area contributed by atoms with Gasteiger partial charge in [0.1, 0.15) is 22.8 Å². The zero-order chi connectivity index (χ0) is 23.8. The number of imidazole rings is 1. The average molecular weight is 456 g/mol. The second kappa shape index (κ2) is 8.55. The van der Waals surface area contributed by atoms with Crippen LogP contribution in [0.1, 0.15) is 11.4 Å². The minimum absolute atomic E-state index is 0.672. The number of aryl methyl sites for hydroxylation is 3. The maximum absolute atomic E-state index is 5.64. The van der Waals surface area contributed by atoms with Gasteiger partial charge in [0.05, 0.1) is 31.0 Å². The second-order valence-corrected chi connectivity index (χ2v) is 8.01. The third kappa shape index (κ3) is 3.73. The van der Waals surface area contributed by atoms with Gasteiger partial charge in [-0.15, -0.1) is 0 Å². The molecule has 0 aliphatic carbocycles. The first kappa shape index (κ1) is 21.5. The van der Waals surface area contributed by atoms with E-state index in [2.05, 4.69) is 14.9 Å². The SMILES string of the molecule is COc1cccc(-c2nc3c(Nc4ccc(-c5ocnc5C)c(OC)c4)nc(C)cc3n2C)c1. The first-order valence-electron chi connectivity index (χ1n) is 10.8. The van der Waals surface area contributed by atoms with Crippen LogP contribution in [0.4, 0.5) is 11.5 Å². The Bertz CT molecular complexity index is 1500. The van der Waals surface area contributed by atoms with Crippen molar-refractivity contribution in [3.63, 3.8) is 0 Å². The van der Waals surface area contributed by atoms with Crippen LogP contribution in [0, 0.1) is 13.8 Å². The van der Waals surface area contributed by atoms with Gasteiger partial charge in [0.2, 0.25) is 0 Å².